The maximum absolute atomic E-state index is 10.9. The Kier molecular flexibility index (Phi) is 3.20. The normalized spacial score (nSPS) is 10.9. The number of nitrogen functional groups attached to an aromatic ring is 1. The van der Waals surface area contributed by atoms with Crippen LogP contribution in [0.4, 0.5) is 11.4 Å². The van der Waals surface area contributed by atoms with Gasteiger partial charge in [0.1, 0.15) is 5.69 Å². The standard InChI is InChI=1S/C12H15N5O2/c1-7(2)11-14-12(16(3)15-11)8-4-5-9(13)10(6-8)17(18)19/h4-7H,13H2,1-3H3. The van der Waals surface area contributed by atoms with Crippen LogP contribution in [0.5, 0.6) is 0 Å². The molecule has 19 heavy (non-hydrogen) atoms. The summed E-state index contributed by atoms with van der Waals surface area (Å²) in [5, 5.41) is 15.2. The van der Waals surface area contributed by atoms with Crippen LogP contribution in [0.2, 0.25) is 0 Å². The molecule has 7 nitrogen and oxygen atoms in total. The number of nitro groups is 1. The average Bonchev–Trinajstić information content (AvgIpc) is 2.72. The summed E-state index contributed by atoms with van der Waals surface area (Å²) in [6, 6.07) is 4.64. The molecule has 0 fully saturated rings. The topological polar surface area (TPSA) is 99.9 Å². The van der Waals surface area contributed by atoms with Crippen molar-refractivity contribution in [2.24, 2.45) is 7.05 Å². The van der Waals surface area contributed by atoms with Crippen LogP contribution in [0.25, 0.3) is 11.4 Å². The van der Waals surface area contributed by atoms with Crippen LogP contribution in [0.1, 0.15) is 25.6 Å². The minimum atomic E-state index is -0.501. The molecule has 0 bridgehead atoms. The molecule has 2 rings (SSSR count). The molecule has 0 aliphatic heterocycles. The molecule has 0 saturated carbocycles. The monoisotopic (exact) mass is 261 g/mol. The largest absolute Gasteiger partial charge is 0.393 e. The van der Waals surface area contributed by atoms with Crippen molar-refractivity contribution in [3.05, 3.63) is 34.1 Å². The van der Waals surface area contributed by atoms with E-state index in [1.165, 1.54) is 12.1 Å². The lowest BCUT2D eigenvalue weighted by Crippen LogP contribution is -1.98. The molecule has 2 aromatic rings. The van der Waals surface area contributed by atoms with Gasteiger partial charge in [-0.3, -0.25) is 10.1 Å². The lowest BCUT2D eigenvalue weighted by Gasteiger charge is -2.02. The van der Waals surface area contributed by atoms with Crippen molar-refractivity contribution >= 4 is 11.4 Å². The van der Waals surface area contributed by atoms with Gasteiger partial charge in [0, 0.05) is 24.6 Å². The molecule has 1 heterocycles. The van der Waals surface area contributed by atoms with E-state index in [0.29, 0.717) is 17.2 Å². The van der Waals surface area contributed by atoms with E-state index in [1.54, 1.807) is 17.8 Å². The minimum absolute atomic E-state index is 0.119. The van der Waals surface area contributed by atoms with E-state index in [-0.39, 0.29) is 17.3 Å². The molecule has 0 aliphatic rings. The van der Waals surface area contributed by atoms with Gasteiger partial charge in [-0.1, -0.05) is 13.8 Å². The Bertz CT molecular complexity index is 633. The molecular formula is C12H15N5O2. The van der Waals surface area contributed by atoms with Gasteiger partial charge in [0.25, 0.3) is 5.69 Å². The number of aryl methyl sites for hydroxylation is 1. The number of nitrogens with zero attached hydrogens (tertiary/aromatic N) is 4. The van der Waals surface area contributed by atoms with Crippen molar-refractivity contribution in [1.29, 1.82) is 0 Å². The maximum Gasteiger partial charge on any atom is 0.292 e. The van der Waals surface area contributed by atoms with Gasteiger partial charge in [0.15, 0.2) is 11.6 Å². The zero-order valence-electron chi connectivity index (χ0n) is 11.0. The number of anilines is 1. The average molecular weight is 261 g/mol. The fourth-order valence-electron chi connectivity index (χ4n) is 1.74. The highest BCUT2D eigenvalue weighted by molar-refractivity contribution is 5.68. The third kappa shape index (κ3) is 2.40. The molecule has 1 aromatic carbocycles. The Morgan fingerprint density at radius 2 is 2.11 bits per heavy atom. The molecular weight excluding hydrogens is 246 g/mol. The van der Waals surface area contributed by atoms with Crippen molar-refractivity contribution in [2.45, 2.75) is 19.8 Å². The zero-order valence-corrected chi connectivity index (χ0v) is 11.0. The van der Waals surface area contributed by atoms with Crippen LogP contribution in [-0.4, -0.2) is 19.7 Å². The second-order valence-electron chi connectivity index (χ2n) is 4.60. The van der Waals surface area contributed by atoms with Crippen molar-refractivity contribution < 1.29 is 4.92 Å². The molecule has 0 atom stereocenters. The number of hydrogen-bond acceptors (Lipinski definition) is 5. The van der Waals surface area contributed by atoms with Crippen LogP contribution in [0, 0.1) is 10.1 Å². The van der Waals surface area contributed by atoms with E-state index in [2.05, 4.69) is 10.1 Å². The Morgan fingerprint density at radius 1 is 1.42 bits per heavy atom. The van der Waals surface area contributed by atoms with Crippen molar-refractivity contribution in [1.82, 2.24) is 14.8 Å². The highest BCUT2D eigenvalue weighted by Crippen LogP contribution is 2.28. The van der Waals surface area contributed by atoms with Crippen LogP contribution in [0.3, 0.4) is 0 Å². The Labute approximate surface area is 110 Å². The summed E-state index contributed by atoms with van der Waals surface area (Å²) in [6.45, 7) is 3.98. The molecule has 0 amide bonds. The smallest absolute Gasteiger partial charge is 0.292 e. The second-order valence-corrected chi connectivity index (χ2v) is 4.60. The Morgan fingerprint density at radius 3 is 2.63 bits per heavy atom. The summed E-state index contributed by atoms with van der Waals surface area (Å²) in [4.78, 5) is 14.8. The summed E-state index contributed by atoms with van der Waals surface area (Å²) in [7, 11) is 1.76. The molecule has 0 spiro atoms. The van der Waals surface area contributed by atoms with E-state index in [0.717, 1.165) is 0 Å². The van der Waals surface area contributed by atoms with E-state index >= 15 is 0 Å². The van der Waals surface area contributed by atoms with Gasteiger partial charge in [-0.25, -0.2) is 9.67 Å². The molecule has 1 aromatic heterocycles. The highest BCUT2D eigenvalue weighted by Gasteiger charge is 2.17. The maximum atomic E-state index is 10.9. The lowest BCUT2D eigenvalue weighted by atomic mass is 10.1. The van der Waals surface area contributed by atoms with Crippen molar-refractivity contribution in [3.8, 4) is 11.4 Å². The predicted molar refractivity (Wildman–Crippen MR) is 71.6 cm³/mol. The van der Waals surface area contributed by atoms with E-state index in [4.69, 9.17) is 5.73 Å². The van der Waals surface area contributed by atoms with Crippen molar-refractivity contribution in [2.75, 3.05) is 5.73 Å². The number of hydrogen-bond donors (Lipinski definition) is 1. The molecule has 0 radical (unpaired) electrons. The van der Waals surface area contributed by atoms with Gasteiger partial charge in [-0.15, -0.1) is 0 Å². The van der Waals surface area contributed by atoms with Crippen LogP contribution in [0.15, 0.2) is 18.2 Å². The van der Waals surface area contributed by atoms with E-state index < -0.39 is 4.92 Å². The first-order valence-electron chi connectivity index (χ1n) is 5.85. The van der Waals surface area contributed by atoms with Gasteiger partial charge in [-0.2, -0.15) is 5.10 Å². The van der Waals surface area contributed by atoms with Gasteiger partial charge in [-0.05, 0) is 12.1 Å². The predicted octanol–water partition coefficient (Wildman–Crippen LogP) is 2.10. The number of nitro benzene ring substituents is 1. The summed E-state index contributed by atoms with van der Waals surface area (Å²) < 4.78 is 1.62. The first-order valence-corrected chi connectivity index (χ1v) is 5.85. The molecule has 0 aliphatic carbocycles. The van der Waals surface area contributed by atoms with Crippen LogP contribution < -0.4 is 5.73 Å². The first kappa shape index (κ1) is 13.0. The molecule has 100 valence electrons. The fraction of sp³-hybridized carbons (Fsp3) is 0.333. The van der Waals surface area contributed by atoms with Crippen LogP contribution >= 0.6 is 0 Å². The number of benzene rings is 1. The third-order valence-electron chi connectivity index (χ3n) is 2.78. The SMILES string of the molecule is CC(C)c1nc(-c2ccc(N)c([N+](=O)[O-])c2)n(C)n1. The Balaban J connectivity index is 2.53. The minimum Gasteiger partial charge on any atom is -0.393 e. The summed E-state index contributed by atoms with van der Waals surface area (Å²) in [6.07, 6.45) is 0. The Hall–Kier alpha value is -2.44. The van der Waals surface area contributed by atoms with Gasteiger partial charge in [0.05, 0.1) is 4.92 Å². The number of rotatable bonds is 3. The van der Waals surface area contributed by atoms with E-state index in [9.17, 15) is 10.1 Å². The summed E-state index contributed by atoms with van der Waals surface area (Å²) in [5.74, 6) is 1.49. The molecule has 0 saturated heterocycles. The van der Waals surface area contributed by atoms with Crippen LogP contribution in [-0.2, 0) is 7.05 Å². The highest BCUT2D eigenvalue weighted by atomic mass is 16.6. The van der Waals surface area contributed by atoms with Gasteiger partial charge < -0.3 is 5.73 Å². The molecule has 0 unspecified atom stereocenters. The van der Waals surface area contributed by atoms with Gasteiger partial charge in [0.2, 0.25) is 0 Å². The third-order valence-corrected chi connectivity index (χ3v) is 2.78. The summed E-state index contributed by atoms with van der Waals surface area (Å²) >= 11 is 0. The second kappa shape index (κ2) is 4.68. The number of nitrogens with two attached hydrogens (primary N) is 1. The fourth-order valence-corrected chi connectivity index (χ4v) is 1.74. The number of aromatic nitrogens is 3. The molecule has 2 N–H and O–H groups in total. The van der Waals surface area contributed by atoms with Crippen molar-refractivity contribution in [3.63, 3.8) is 0 Å². The molecule has 7 heteroatoms. The lowest BCUT2D eigenvalue weighted by molar-refractivity contribution is -0.383. The quantitative estimate of drug-likeness (QED) is 0.518. The van der Waals surface area contributed by atoms with E-state index in [1.807, 2.05) is 13.8 Å². The van der Waals surface area contributed by atoms with Gasteiger partial charge >= 0.3 is 0 Å². The summed E-state index contributed by atoms with van der Waals surface area (Å²) in [5.41, 5.74) is 6.22. The zero-order chi connectivity index (χ0) is 14.2. The first-order chi connectivity index (χ1) is 8.90.